The minimum atomic E-state index is -0.427. The maximum atomic E-state index is 9.73. The van der Waals surface area contributed by atoms with Gasteiger partial charge in [0.05, 0.1) is 6.10 Å². The lowest BCUT2D eigenvalue weighted by molar-refractivity contribution is 0.170. The average Bonchev–Trinajstić information content (AvgIpc) is 2.17. The van der Waals surface area contributed by atoms with Gasteiger partial charge in [0, 0.05) is 0 Å². The Balaban J connectivity index is 2.81. The van der Waals surface area contributed by atoms with Crippen molar-refractivity contribution in [2.75, 3.05) is 6.54 Å². The summed E-state index contributed by atoms with van der Waals surface area (Å²) in [5, 5.41) is 9.73. The van der Waals surface area contributed by atoms with Crippen LogP contribution in [0.4, 0.5) is 0 Å². The zero-order valence-electron chi connectivity index (χ0n) is 9.83. The SMILES string of the molecule is CC(C)(C)c1ccc([C@H](O)CCN)cc1. The van der Waals surface area contributed by atoms with E-state index in [1.54, 1.807) is 0 Å². The minimum Gasteiger partial charge on any atom is -0.388 e. The Morgan fingerprint density at radius 3 is 2.13 bits per heavy atom. The third-order valence-corrected chi connectivity index (χ3v) is 2.60. The first-order valence-corrected chi connectivity index (χ1v) is 5.43. The predicted octanol–water partition coefficient (Wildman–Crippen LogP) is 2.37. The van der Waals surface area contributed by atoms with E-state index in [4.69, 9.17) is 5.73 Å². The van der Waals surface area contributed by atoms with Crippen LogP contribution < -0.4 is 5.73 Å². The van der Waals surface area contributed by atoms with Crippen LogP contribution in [0.2, 0.25) is 0 Å². The molecule has 0 aliphatic carbocycles. The number of aliphatic hydroxyl groups excluding tert-OH is 1. The second-order valence-corrected chi connectivity index (χ2v) is 4.97. The molecule has 0 unspecified atom stereocenters. The molecule has 1 aromatic rings. The standard InChI is InChI=1S/C13H21NO/c1-13(2,3)11-6-4-10(5-7-11)12(15)8-9-14/h4-7,12,15H,8-9,14H2,1-3H3/t12-/m1/s1. The minimum absolute atomic E-state index is 0.164. The van der Waals surface area contributed by atoms with E-state index in [9.17, 15) is 5.11 Å². The van der Waals surface area contributed by atoms with Gasteiger partial charge in [0.2, 0.25) is 0 Å². The molecule has 0 amide bonds. The Bertz CT molecular complexity index is 297. The van der Waals surface area contributed by atoms with Gasteiger partial charge in [0.15, 0.2) is 0 Å². The molecule has 0 aliphatic rings. The van der Waals surface area contributed by atoms with Crippen molar-refractivity contribution in [1.82, 2.24) is 0 Å². The molecule has 0 saturated carbocycles. The number of benzene rings is 1. The van der Waals surface area contributed by atoms with E-state index in [0.717, 1.165) is 5.56 Å². The first-order chi connectivity index (χ1) is 6.95. The normalized spacial score (nSPS) is 13.9. The highest BCUT2D eigenvalue weighted by atomic mass is 16.3. The van der Waals surface area contributed by atoms with Gasteiger partial charge < -0.3 is 10.8 Å². The smallest absolute Gasteiger partial charge is 0.0802 e. The first kappa shape index (κ1) is 12.2. The number of nitrogens with two attached hydrogens (primary N) is 1. The average molecular weight is 207 g/mol. The van der Waals surface area contributed by atoms with Crippen molar-refractivity contribution >= 4 is 0 Å². The van der Waals surface area contributed by atoms with E-state index in [2.05, 4.69) is 32.9 Å². The van der Waals surface area contributed by atoms with Crippen molar-refractivity contribution in [2.45, 2.75) is 38.7 Å². The van der Waals surface area contributed by atoms with Gasteiger partial charge >= 0.3 is 0 Å². The first-order valence-electron chi connectivity index (χ1n) is 5.43. The van der Waals surface area contributed by atoms with Gasteiger partial charge in [-0.25, -0.2) is 0 Å². The lowest BCUT2D eigenvalue weighted by Crippen LogP contribution is -2.11. The van der Waals surface area contributed by atoms with Gasteiger partial charge in [-0.3, -0.25) is 0 Å². The molecule has 3 N–H and O–H groups in total. The number of hydrogen-bond donors (Lipinski definition) is 2. The van der Waals surface area contributed by atoms with Crippen LogP contribution in [-0.2, 0) is 5.41 Å². The Hall–Kier alpha value is -0.860. The molecule has 2 nitrogen and oxygen atoms in total. The van der Waals surface area contributed by atoms with Crippen molar-refractivity contribution in [3.63, 3.8) is 0 Å². The third-order valence-electron chi connectivity index (χ3n) is 2.60. The van der Waals surface area contributed by atoms with Gasteiger partial charge in [-0.15, -0.1) is 0 Å². The molecule has 0 aliphatic heterocycles. The van der Waals surface area contributed by atoms with Crippen molar-refractivity contribution in [3.8, 4) is 0 Å². The lowest BCUT2D eigenvalue weighted by Gasteiger charge is -2.20. The molecule has 0 saturated heterocycles. The van der Waals surface area contributed by atoms with Gasteiger partial charge in [0.1, 0.15) is 0 Å². The van der Waals surface area contributed by atoms with Crippen LogP contribution in [0.3, 0.4) is 0 Å². The molecule has 0 radical (unpaired) electrons. The zero-order chi connectivity index (χ0) is 11.5. The maximum absolute atomic E-state index is 9.73. The summed E-state index contributed by atoms with van der Waals surface area (Å²) in [4.78, 5) is 0. The molecule has 2 heteroatoms. The summed E-state index contributed by atoms with van der Waals surface area (Å²) in [5.41, 5.74) is 7.81. The van der Waals surface area contributed by atoms with Crippen molar-refractivity contribution in [1.29, 1.82) is 0 Å². The van der Waals surface area contributed by atoms with Gasteiger partial charge in [-0.1, -0.05) is 45.0 Å². The fourth-order valence-electron chi connectivity index (χ4n) is 1.53. The monoisotopic (exact) mass is 207 g/mol. The van der Waals surface area contributed by atoms with Crippen LogP contribution >= 0.6 is 0 Å². The van der Waals surface area contributed by atoms with E-state index in [0.29, 0.717) is 13.0 Å². The Morgan fingerprint density at radius 2 is 1.73 bits per heavy atom. The van der Waals surface area contributed by atoms with E-state index in [1.165, 1.54) is 5.56 Å². The Labute approximate surface area is 92.1 Å². The van der Waals surface area contributed by atoms with Crippen LogP contribution in [0.25, 0.3) is 0 Å². The van der Waals surface area contributed by atoms with Gasteiger partial charge in [-0.2, -0.15) is 0 Å². The molecule has 0 bridgehead atoms. The molecule has 15 heavy (non-hydrogen) atoms. The van der Waals surface area contributed by atoms with Crippen LogP contribution in [0.5, 0.6) is 0 Å². The predicted molar refractivity (Wildman–Crippen MR) is 63.8 cm³/mol. The van der Waals surface area contributed by atoms with E-state index in [-0.39, 0.29) is 5.41 Å². The van der Waals surface area contributed by atoms with Crippen molar-refractivity contribution in [2.24, 2.45) is 5.73 Å². The molecule has 0 fully saturated rings. The van der Waals surface area contributed by atoms with Crippen LogP contribution in [0.15, 0.2) is 24.3 Å². The van der Waals surface area contributed by atoms with Crippen molar-refractivity contribution in [3.05, 3.63) is 35.4 Å². The van der Waals surface area contributed by atoms with Gasteiger partial charge in [0.25, 0.3) is 0 Å². The quantitative estimate of drug-likeness (QED) is 0.799. The second-order valence-electron chi connectivity index (χ2n) is 4.97. The molecule has 1 aromatic carbocycles. The molecular formula is C13H21NO. The van der Waals surface area contributed by atoms with Gasteiger partial charge in [-0.05, 0) is 29.5 Å². The Kier molecular flexibility index (Phi) is 3.89. The second kappa shape index (κ2) is 4.77. The van der Waals surface area contributed by atoms with Crippen LogP contribution in [0, 0.1) is 0 Å². The Morgan fingerprint density at radius 1 is 1.20 bits per heavy atom. The number of hydrogen-bond acceptors (Lipinski definition) is 2. The molecule has 84 valence electrons. The summed E-state index contributed by atoms with van der Waals surface area (Å²) in [7, 11) is 0. The summed E-state index contributed by atoms with van der Waals surface area (Å²) >= 11 is 0. The summed E-state index contributed by atoms with van der Waals surface area (Å²) < 4.78 is 0. The van der Waals surface area contributed by atoms with E-state index in [1.807, 2.05) is 12.1 Å². The summed E-state index contributed by atoms with van der Waals surface area (Å²) in [6.45, 7) is 7.05. The largest absolute Gasteiger partial charge is 0.388 e. The fraction of sp³-hybridized carbons (Fsp3) is 0.538. The van der Waals surface area contributed by atoms with E-state index < -0.39 is 6.10 Å². The zero-order valence-corrected chi connectivity index (χ0v) is 9.83. The highest BCUT2D eigenvalue weighted by molar-refractivity contribution is 5.28. The van der Waals surface area contributed by atoms with Crippen LogP contribution in [0.1, 0.15) is 44.4 Å². The number of aliphatic hydroxyl groups is 1. The summed E-state index contributed by atoms with van der Waals surface area (Å²) in [6, 6.07) is 8.13. The molecule has 0 heterocycles. The van der Waals surface area contributed by atoms with Crippen molar-refractivity contribution < 1.29 is 5.11 Å². The highest BCUT2D eigenvalue weighted by Crippen LogP contribution is 2.24. The summed E-state index contributed by atoms with van der Waals surface area (Å²) in [6.07, 6.45) is 0.193. The topological polar surface area (TPSA) is 46.2 Å². The molecular weight excluding hydrogens is 186 g/mol. The number of rotatable bonds is 3. The maximum Gasteiger partial charge on any atom is 0.0802 e. The molecule has 1 rings (SSSR count). The molecule has 0 spiro atoms. The molecule has 0 aromatic heterocycles. The highest BCUT2D eigenvalue weighted by Gasteiger charge is 2.14. The molecule has 1 atom stereocenters. The van der Waals surface area contributed by atoms with E-state index >= 15 is 0 Å². The summed E-state index contributed by atoms with van der Waals surface area (Å²) in [5.74, 6) is 0. The third kappa shape index (κ3) is 3.33. The van der Waals surface area contributed by atoms with Crippen LogP contribution in [-0.4, -0.2) is 11.7 Å². The lowest BCUT2D eigenvalue weighted by atomic mass is 9.86. The fourth-order valence-corrected chi connectivity index (χ4v) is 1.53.